The van der Waals surface area contributed by atoms with Crippen LogP contribution < -0.4 is 0 Å². The highest BCUT2D eigenvalue weighted by molar-refractivity contribution is 5.79. The minimum atomic E-state index is -0.326. The van der Waals surface area contributed by atoms with Gasteiger partial charge in [0.25, 0.3) is 0 Å². The molecule has 0 rings (SSSR count). The highest BCUT2D eigenvalue weighted by Crippen LogP contribution is 2.07. The van der Waals surface area contributed by atoms with E-state index in [1.807, 2.05) is 13.8 Å². The number of hydrogen-bond acceptors (Lipinski definition) is 4. The van der Waals surface area contributed by atoms with E-state index < -0.39 is 0 Å². The molecule has 0 saturated carbocycles. The summed E-state index contributed by atoms with van der Waals surface area (Å²) in [6.07, 6.45) is 0. The molecule has 0 aliphatic heterocycles. The van der Waals surface area contributed by atoms with Crippen LogP contribution >= 0.6 is 0 Å². The summed E-state index contributed by atoms with van der Waals surface area (Å²) in [5.41, 5.74) is 0. The van der Waals surface area contributed by atoms with Gasteiger partial charge in [-0.05, 0) is 13.8 Å². The maximum Gasteiger partial charge on any atom is 0.310 e. The van der Waals surface area contributed by atoms with Crippen LogP contribution in [0.25, 0.3) is 0 Å². The quantitative estimate of drug-likeness (QED) is 0.631. The van der Waals surface area contributed by atoms with Crippen molar-refractivity contribution in [1.29, 1.82) is 0 Å². The first-order valence-electron chi connectivity index (χ1n) is 5.30. The third-order valence-corrected chi connectivity index (χ3v) is 2.29. The van der Waals surface area contributed by atoms with Gasteiger partial charge in [-0.3, -0.25) is 9.59 Å². The van der Waals surface area contributed by atoms with Crippen molar-refractivity contribution in [1.82, 2.24) is 4.90 Å². The first-order chi connectivity index (χ1) is 7.43. The Morgan fingerprint density at radius 3 is 2.12 bits per heavy atom. The highest BCUT2D eigenvalue weighted by Gasteiger charge is 2.23. The number of methoxy groups -OCH3 is 2. The van der Waals surface area contributed by atoms with Gasteiger partial charge in [0.15, 0.2) is 0 Å². The lowest BCUT2D eigenvalue weighted by molar-refractivity contribution is -0.147. The van der Waals surface area contributed by atoms with Crippen LogP contribution in [0.15, 0.2) is 0 Å². The number of nitrogens with zero attached hydrogens (tertiary/aromatic N) is 1. The van der Waals surface area contributed by atoms with E-state index in [0.717, 1.165) is 0 Å². The molecule has 0 spiro atoms. The Morgan fingerprint density at radius 2 is 1.75 bits per heavy atom. The average Bonchev–Trinajstić information content (AvgIpc) is 2.23. The van der Waals surface area contributed by atoms with Gasteiger partial charge in [0.1, 0.15) is 6.61 Å². The van der Waals surface area contributed by atoms with E-state index in [0.29, 0.717) is 6.54 Å². The van der Waals surface area contributed by atoms with Crippen LogP contribution in [0.4, 0.5) is 0 Å². The first-order valence-corrected chi connectivity index (χ1v) is 5.30. The van der Waals surface area contributed by atoms with E-state index in [1.165, 1.54) is 14.2 Å². The smallest absolute Gasteiger partial charge is 0.310 e. The number of carbonyl (C=O) groups is 2. The number of carbonyl (C=O) groups excluding carboxylic acids is 2. The largest absolute Gasteiger partial charge is 0.469 e. The van der Waals surface area contributed by atoms with E-state index in [2.05, 4.69) is 4.74 Å². The Labute approximate surface area is 96.7 Å². The molecule has 0 aliphatic carbocycles. The second-order valence-corrected chi connectivity index (χ2v) is 4.00. The number of amides is 1. The summed E-state index contributed by atoms with van der Waals surface area (Å²) in [6, 6.07) is 0.0368. The molecule has 0 N–H and O–H groups in total. The van der Waals surface area contributed by atoms with Gasteiger partial charge in [-0.2, -0.15) is 0 Å². The molecule has 0 aromatic carbocycles. The molecule has 1 unspecified atom stereocenters. The van der Waals surface area contributed by atoms with E-state index in [1.54, 1.807) is 11.8 Å². The highest BCUT2D eigenvalue weighted by atomic mass is 16.5. The van der Waals surface area contributed by atoms with Crippen molar-refractivity contribution < 1.29 is 19.1 Å². The predicted octanol–water partition coefficient (Wildman–Crippen LogP) is 0.679. The summed E-state index contributed by atoms with van der Waals surface area (Å²) in [5, 5.41) is 0. The fourth-order valence-electron chi connectivity index (χ4n) is 1.38. The zero-order valence-corrected chi connectivity index (χ0v) is 10.6. The Balaban J connectivity index is 4.45. The van der Waals surface area contributed by atoms with Crippen LogP contribution in [-0.2, 0) is 19.1 Å². The Hall–Kier alpha value is -1.10. The zero-order valence-electron chi connectivity index (χ0n) is 10.6. The lowest BCUT2D eigenvalue weighted by Gasteiger charge is -2.28. The summed E-state index contributed by atoms with van der Waals surface area (Å²) in [6.45, 7) is 5.93. The molecule has 5 heteroatoms. The van der Waals surface area contributed by atoms with Gasteiger partial charge >= 0.3 is 5.97 Å². The molecule has 5 nitrogen and oxygen atoms in total. The fourth-order valence-corrected chi connectivity index (χ4v) is 1.38. The lowest BCUT2D eigenvalue weighted by Crippen LogP contribution is -2.43. The number of esters is 1. The predicted molar refractivity (Wildman–Crippen MR) is 59.9 cm³/mol. The van der Waals surface area contributed by atoms with Crippen molar-refractivity contribution in [3.05, 3.63) is 0 Å². The maximum atomic E-state index is 11.7. The molecule has 94 valence electrons. The van der Waals surface area contributed by atoms with Gasteiger partial charge < -0.3 is 14.4 Å². The standard InChI is InChI=1S/C11H21NO4/c1-8(2)12(10(13)7-15-4)6-9(3)11(14)16-5/h8-9H,6-7H2,1-5H3. The van der Waals surface area contributed by atoms with Gasteiger partial charge in [-0.25, -0.2) is 0 Å². The summed E-state index contributed by atoms with van der Waals surface area (Å²) < 4.78 is 9.42. The van der Waals surface area contributed by atoms with Gasteiger partial charge in [-0.15, -0.1) is 0 Å². The SMILES string of the molecule is COCC(=O)N(CC(C)C(=O)OC)C(C)C. The average molecular weight is 231 g/mol. The first kappa shape index (κ1) is 14.9. The second-order valence-electron chi connectivity index (χ2n) is 4.00. The van der Waals surface area contributed by atoms with Crippen LogP contribution in [0.2, 0.25) is 0 Å². The Kier molecular flexibility index (Phi) is 6.72. The molecule has 0 aromatic rings. The molecule has 0 fully saturated rings. The molecule has 0 radical (unpaired) electrons. The fraction of sp³-hybridized carbons (Fsp3) is 0.818. The van der Waals surface area contributed by atoms with Crippen molar-refractivity contribution in [3.63, 3.8) is 0 Å². The lowest BCUT2D eigenvalue weighted by atomic mass is 10.1. The van der Waals surface area contributed by atoms with Gasteiger partial charge in [-0.1, -0.05) is 6.92 Å². The van der Waals surface area contributed by atoms with Gasteiger partial charge in [0, 0.05) is 19.7 Å². The molecule has 0 aliphatic rings. The van der Waals surface area contributed by atoms with E-state index >= 15 is 0 Å². The van der Waals surface area contributed by atoms with Crippen LogP contribution in [0.3, 0.4) is 0 Å². The van der Waals surface area contributed by atoms with Gasteiger partial charge in [0.2, 0.25) is 5.91 Å². The minimum Gasteiger partial charge on any atom is -0.469 e. The molecule has 0 bridgehead atoms. The molecular formula is C11H21NO4. The molecule has 1 atom stereocenters. The second kappa shape index (κ2) is 7.22. The number of rotatable bonds is 6. The summed E-state index contributed by atoms with van der Waals surface area (Å²) >= 11 is 0. The number of ether oxygens (including phenoxy) is 2. The molecule has 1 amide bonds. The van der Waals surface area contributed by atoms with E-state index in [-0.39, 0.29) is 30.4 Å². The number of hydrogen-bond donors (Lipinski definition) is 0. The van der Waals surface area contributed by atoms with Crippen LogP contribution in [-0.4, -0.2) is 50.2 Å². The van der Waals surface area contributed by atoms with Gasteiger partial charge in [0.05, 0.1) is 13.0 Å². The van der Waals surface area contributed by atoms with Crippen LogP contribution in [0, 0.1) is 5.92 Å². The monoisotopic (exact) mass is 231 g/mol. The van der Waals surface area contributed by atoms with Crippen molar-refractivity contribution in [2.75, 3.05) is 27.4 Å². The Bertz CT molecular complexity index is 240. The topological polar surface area (TPSA) is 55.8 Å². The molecule has 0 aromatic heterocycles. The van der Waals surface area contributed by atoms with Crippen molar-refractivity contribution >= 4 is 11.9 Å². The van der Waals surface area contributed by atoms with Crippen molar-refractivity contribution in [3.8, 4) is 0 Å². The van der Waals surface area contributed by atoms with Crippen LogP contribution in [0.1, 0.15) is 20.8 Å². The van der Waals surface area contributed by atoms with E-state index in [4.69, 9.17) is 4.74 Å². The summed E-state index contributed by atoms with van der Waals surface area (Å²) in [4.78, 5) is 24.6. The molecule has 16 heavy (non-hydrogen) atoms. The third-order valence-electron chi connectivity index (χ3n) is 2.29. The molecular weight excluding hydrogens is 210 g/mol. The summed E-state index contributed by atoms with van der Waals surface area (Å²) in [7, 11) is 2.82. The normalized spacial score (nSPS) is 12.4. The van der Waals surface area contributed by atoms with Crippen molar-refractivity contribution in [2.45, 2.75) is 26.8 Å². The van der Waals surface area contributed by atoms with E-state index in [9.17, 15) is 9.59 Å². The maximum absolute atomic E-state index is 11.7. The molecule has 0 saturated heterocycles. The van der Waals surface area contributed by atoms with Crippen LogP contribution in [0.5, 0.6) is 0 Å². The molecule has 0 heterocycles. The third kappa shape index (κ3) is 4.61. The zero-order chi connectivity index (χ0) is 12.7. The Morgan fingerprint density at radius 1 is 1.19 bits per heavy atom. The van der Waals surface area contributed by atoms with Crippen molar-refractivity contribution in [2.24, 2.45) is 5.92 Å². The summed E-state index contributed by atoms with van der Waals surface area (Å²) in [5.74, 6) is -0.752. The minimum absolute atomic E-state index is 0.0338.